The standard InChI is InChI=1S/C7H7.2C5H5.C4H8O.Er/c1-7-5-3-2-4-6-7;3*1-2-4-5-3-1;/h3-6H,1H3;2*1-5H;1-4H2;/q-1;;;;. The second kappa shape index (κ2) is 18.8. The summed E-state index contributed by atoms with van der Waals surface area (Å²) in [6.07, 6.45) is 22.6. The average Bonchev–Trinajstić information content (AvgIpc) is 3.37. The topological polar surface area (TPSA) is 9.23 Å². The minimum absolute atomic E-state index is 0. The molecule has 1 saturated heterocycles. The SMILES string of the molecule is C1CCOC1.Cc1cc[c-]cc1.[CH]1[CH][CH][CH][CH]1.[CH]1[CH][CH][CH][CH]1.[Er]. The van der Waals surface area contributed by atoms with Crippen molar-refractivity contribution in [3.63, 3.8) is 0 Å². The van der Waals surface area contributed by atoms with Crippen LogP contribution in [-0.2, 0) is 4.74 Å². The van der Waals surface area contributed by atoms with E-state index in [0.717, 1.165) is 13.2 Å². The number of ether oxygens (including phenoxy) is 1. The van der Waals surface area contributed by atoms with Crippen molar-refractivity contribution in [2.75, 3.05) is 13.2 Å². The zero-order chi connectivity index (χ0) is 15.7. The maximum absolute atomic E-state index is 4.94. The molecule has 3 fully saturated rings. The van der Waals surface area contributed by atoms with Gasteiger partial charge in [-0.05, 0) is 77.0 Å². The van der Waals surface area contributed by atoms with E-state index in [-0.39, 0.29) is 37.3 Å². The zero-order valence-corrected chi connectivity index (χ0v) is 15.5. The molecule has 1 aromatic rings. The van der Waals surface area contributed by atoms with E-state index in [1.54, 1.807) is 0 Å². The van der Waals surface area contributed by atoms with Gasteiger partial charge in [-0.1, -0.05) is 6.92 Å². The molecule has 0 aromatic heterocycles. The summed E-state index contributed by atoms with van der Waals surface area (Å²) in [5, 5.41) is 0. The summed E-state index contributed by atoms with van der Waals surface area (Å²) < 4.78 is 4.94. The Bertz CT molecular complexity index is 267. The van der Waals surface area contributed by atoms with Crippen LogP contribution in [0.1, 0.15) is 18.4 Å². The van der Waals surface area contributed by atoms with Crippen LogP contribution in [0.3, 0.4) is 0 Å². The number of benzene rings is 1. The van der Waals surface area contributed by atoms with Gasteiger partial charge < -0.3 is 4.74 Å². The Morgan fingerprint density at radius 1 is 0.696 bits per heavy atom. The quantitative estimate of drug-likeness (QED) is 0.513. The molecule has 0 amide bonds. The summed E-state index contributed by atoms with van der Waals surface area (Å²) >= 11 is 0. The van der Waals surface area contributed by atoms with Gasteiger partial charge in [0.2, 0.25) is 0 Å². The van der Waals surface area contributed by atoms with Gasteiger partial charge in [0.1, 0.15) is 0 Å². The monoisotopic (exact) mass is 459 g/mol. The zero-order valence-electron chi connectivity index (χ0n) is 13.6. The van der Waals surface area contributed by atoms with Crippen LogP contribution in [0, 0.1) is 115 Å². The van der Waals surface area contributed by atoms with E-state index in [1.165, 1.54) is 18.4 Å². The second-order valence-electron chi connectivity index (χ2n) is 4.82. The summed E-state index contributed by atoms with van der Waals surface area (Å²) in [6.45, 7) is 4.06. The van der Waals surface area contributed by atoms with Gasteiger partial charge in [0.15, 0.2) is 0 Å². The molecular weight excluding hydrogens is 435 g/mol. The molecule has 0 spiro atoms. The van der Waals surface area contributed by atoms with Gasteiger partial charge in [0, 0.05) is 50.5 Å². The van der Waals surface area contributed by atoms with Crippen LogP contribution in [0.25, 0.3) is 0 Å². The van der Waals surface area contributed by atoms with Crippen molar-refractivity contribution in [1.29, 1.82) is 0 Å². The number of hydrogen-bond donors (Lipinski definition) is 0. The van der Waals surface area contributed by atoms with Crippen molar-refractivity contribution >= 4 is 0 Å². The van der Waals surface area contributed by atoms with Crippen molar-refractivity contribution < 1.29 is 42.0 Å². The minimum atomic E-state index is 0. The third-order valence-electron chi connectivity index (χ3n) is 2.82. The molecule has 1 aromatic carbocycles. The molecule has 2 heteroatoms. The van der Waals surface area contributed by atoms with Gasteiger partial charge in [-0.25, -0.2) is 0 Å². The van der Waals surface area contributed by atoms with Crippen molar-refractivity contribution in [3.05, 3.63) is 100 Å². The smallest absolute Gasteiger partial charge is 0.0466 e. The van der Waals surface area contributed by atoms with Crippen molar-refractivity contribution in [2.24, 2.45) is 0 Å². The molecule has 1 heterocycles. The Balaban J connectivity index is 0.000000280. The van der Waals surface area contributed by atoms with E-state index in [0.29, 0.717) is 0 Å². The summed E-state index contributed by atoms with van der Waals surface area (Å²) in [6, 6.07) is 10.8. The van der Waals surface area contributed by atoms with E-state index in [2.05, 4.69) is 13.0 Å². The van der Waals surface area contributed by atoms with Gasteiger partial charge >= 0.3 is 0 Å². The summed E-state index contributed by atoms with van der Waals surface area (Å²) in [7, 11) is 0. The predicted molar refractivity (Wildman–Crippen MR) is 93.1 cm³/mol. The first-order valence-electron chi connectivity index (χ1n) is 7.73. The molecule has 0 unspecified atom stereocenters. The molecule has 0 N–H and O–H groups in total. The third kappa shape index (κ3) is 17.1. The molecule has 2 aliphatic carbocycles. The van der Waals surface area contributed by atoms with E-state index in [4.69, 9.17) is 4.74 Å². The molecule has 0 atom stereocenters. The van der Waals surface area contributed by atoms with Crippen LogP contribution < -0.4 is 0 Å². The molecule has 10 radical (unpaired) electrons. The van der Waals surface area contributed by atoms with Gasteiger partial charge in [-0.2, -0.15) is 35.9 Å². The molecule has 2 saturated carbocycles. The molecule has 3 aliphatic rings. The predicted octanol–water partition coefficient (Wildman–Crippen LogP) is 4.63. The first kappa shape index (κ1) is 23.4. The fraction of sp³-hybridized carbons (Fsp3) is 0.238. The van der Waals surface area contributed by atoms with Gasteiger partial charge in [-0.15, -0.1) is 0 Å². The van der Waals surface area contributed by atoms with Crippen molar-refractivity contribution in [3.8, 4) is 0 Å². The average molecular weight is 461 g/mol. The van der Waals surface area contributed by atoms with Crippen LogP contribution in [0.2, 0.25) is 0 Å². The molecule has 1 nitrogen and oxygen atoms in total. The first-order valence-corrected chi connectivity index (χ1v) is 7.73. The Hall–Kier alpha value is 0.427. The molecule has 128 valence electrons. The summed E-state index contributed by atoms with van der Waals surface area (Å²) in [5.74, 6) is 0. The molecule has 23 heavy (non-hydrogen) atoms. The largest absolute Gasteiger partial charge is 0.381 e. The van der Waals surface area contributed by atoms with Crippen LogP contribution >= 0.6 is 0 Å². The van der Waals surface area contributed by atoms with Crippen molar-refractivity contribution in [2.45, 2.75) is 19.8 Å². The summed E-state index contributed by atoms with van der Waals surface area (Å²) in [4.78, 5) is 0. The fourth-order valence-electron chi connectivity index (χ4n) is 1.62. The Morgan fingerprint density at radius 3 is 1.22 bits per heavy atom. The van der Waals surface area contributed by atoms with Crippen LogP contribution in [-0.4, -0.2) is 13.2 Å². The number of hydrogen-bond acceptors (Lipinski definition) is 1. The maximum Gasteiger partial charge on any atom is 0.0466 e. The van der Waals surface area contributed by atoms with E-state index >= 15 is 0 Å². The van der Waals surface area contributed by atoms with Crippen LogP contribution in [0.4, 0.5) is 0 Å². The Morgan fingerprint density at radius 2 is 1.04 bits per heavy atom. The Kier molecular flexibility index (Phi) is 19.1. The molecule has 1 aliphatic heterocycles. The van der Waals surface area contributed by atoms with Crippen LogP contribution in [0.15, 0.2) is 24.3 Å². The normalized spacial score (nSPS) is 18.3. The van der Waals surface area contributed by atoms with E-state index in [1.807, 2.05) is 88.5 Å². The molecular formula is C21H25ErO-. The fourth-order valence-corrected chi connectivity index (χ4v) is 1.62. The molecule has 4 rings (SSSR count). The first-order chi connectivity index (χ1) is 10.9. The van der Waals surface area contributed by atoms with Crippen LogP contribution in [0.5, 0.6) is 0 Å². The number of rotatable bonds is 0. The van der Waals surface area contributed by atoms with E-state index < -0.39 is 0 Å². The minimum Gasteiger partial charge on any atom is -0.381 e. The second-order valence-corrected chi connectivity index (χ2v) is 4.82. The Labute approximate surface area is 174 Å². The number of aryl methyl sites for hydroxylation is 1. The van der Waals surface area contributed by atoms with Gasteiger partial charge in [0.25, 0.3) is 0 Å². The van der Waals surface area contributed by atoms with E-state index in [9.17, 15) is 0 Å². The van der Waals surface area contributed by atoms with Gasteiger partial charge in [0.05, 0.1) is 0 Å². The summed E-state index contributed by atoms with van der Waals surface area (Å²) in [5.41, 5.74) is 1.29. The third-order valence-corrected chi connectivity index (χ3v) is 2.82. The maximum atomic E-state index is 4.94. The molecule has 0 bridgehead atoms. The van der Waals surface area contributed by atoms with Crippen molar-refractivity contribution in [1.82, 2.24) is 0 Å². The van der Waals surface area contributed by atoms with Gasteiger partial charge in [-0.3, -0.25) is 0 Å².